The molecule has 6 nitrogen and oxygen atoms in total. The number of piperidine rings is 1. The van der Waals surface area contributed by atoms with Gasteiger partial charge in [-0.3, -0.25) is 4.90 Å². The molecule has 1 fully saturated rings. The molecule has 0 spiro atoms. The van der Waals surface area contributed by atoms with Crippen molar-refractivity contribution in [3.8, 4) is 0 Å². The fourth-order valence-electron chi connectivity index (χ4n) is 3.98. The van der Waals surface area contributed by atoms with Crippen molar-refractivity contribution >= 4 is 6.09 Å². The largest absolute Gasteiger partial charge is 0.466 e. The van der Waals surface area contributed by atoms with Crippen LogP contribution in [0.3, 0.4) is 0 Å². The number of nitrogens with zero attached hydrogens (tertiary/aromatic N) is 2. The van der Waals surface area contributed by atoms with Crippen LogP contribution in [0.25, 0.3) is 0 Å². The van der Waals surface area contributed by atoms with Crippen LogP contribution in [0, 0.1) is 0 Å². The Morgan fingerprint density at radius 3 is 2.66 bits per heavy atom. The average molecular weight is 403 g/mol. The lowest BCUT2D eigenvalue weighted by molar-refractivity contribution is 0.0127. The van der Waals surface area contributed by atoms with E-state index >= 15 is 0 Å². The molecule has 160 valence electrons. The Morgan fingerprint density at radius 1 is 1.31 bits per heavy atom. The number of rotatable bonds is 5. The van der Waals surface area contributed by atoms with Gasteiger partial charge in [-0.1, -0.05) is 23.8 Å². The predicted octanol–water partition coefficient (Wildman–Crippen LogP) is 4.71. The van der Waals surface area contributed by atoms with E-state index in [0.29, 0.717) is 19.1 Å². The van der Waals surface area contributed by atoms with Gasteiger partial charge in [0.2, 0.25) is 0 Å². The van der Waals surface area contributed by atoms with Crippen LogP contribution in [0.2, 0.25) is 0 Å². The van der Waals surface area contributed by atoms with Crippen LogP contribution in [0.1, 0.15) is 52.9 Å². The molecule has 6 heteroatoms. The topological polar surface area (TPSA) is 51.2 Å². The van der Waals surface area contributed by atoms with E-state index in [9.17, 15) is 4.79 Å². The Balaban J connectivity index is 1.63. The van der Waals surface area contributed by atoms with E-state index in [1.807, 2.05) is 25.7 Å². The van der Waals surface area contributed by atoms with Crippen LogP contribution in [-0.4, -0.2) is 53.7 Å². The van der Waals surface area contributed by atoms with Gasteiger partial charge in [0, 0.05) is 19.1 Å². The molecule has 2 aliphatic heterocycles. The Morgan fingerprint density at radius 2 is 2.07 bits per heavy atom. The summed E-state index contributed by atoms with van der Waals surface area (Å²) in [6.45, 7) is 7.12. The molecule has 0 radical (unpaired) electrons. The molecule has 1 unspecified atom stereocenters. The molecule has 3 aliphatic rings. The smallest absolute Gasteiger partial charge is 0.410 e. The second-order valence-corrected chi connectivity index (χ2v) is 8.92. The molecule has 0 aromatic heterocycles. The number of ether oxygens (including phenoxy) is 3. The number of carbonyl (C=O) groups excluding carboxylic acids is 1. The van der Waals surface area contributed by atoms with Crippen LogP contribution >= 0.6 is 0 Å². The van der Waals surface area contributed by atoms with E-state index in [2.05, 4.69) is 30.2 Å². The lowest BCUT2D eigenvalue weighted by Gasteiger charge is -2.41. The second-order valence-electron chi connectivity index (χ2n) is 8.92. The summed E-state index contributed by atoms with van der Waals surface area (Å²) in [6.07, 6.45) is 16.1. The minimum Gasteiger partial charge on any atom is -0.466 e. The monoisotopic (exact) mass is 402 g/mol. The van der Waals surface area contributed by atoms with Crippen LogP contribution in [0.15, 0.2) is 48.3 Å². The molecule has 3 rings (SSSR count). The van der Waals surface area contributed by atoms with Gasteiger partial charge in [0.1, 0.15) is 24.4 Å². The zero-order valence-corrected chi connectivity index (χ0v) is 18.1. The lowest BCUT2D eigenvalue weighted by Crippen LogP contribution is -2.50. The third-order valence-electron chi connectivity index (χ3n) is 5.59. The Bertz CT molecular complexity index is 694. The van der Waals surface area contributed by atoms with Crippen LogP contribution < -0.4 is 0 Å². The molecule has 1 atom stereocenters. The predicted molar refractivity (Wildman–Crippen MR) is 113 cm³/mol. The molecular weight excluding hydrogens is 368 g/mol. The fraction of sp³-hybridized carbons (Fsp3) is 0.609. The maximum absolute atomic E-state index is 12.4. The van der Waals surface area contributed by atoms with Crippen molar-refractivity contribution in [3.63, 3.8) is 0 Å². The summed E-state index contributed by atoms with van der Waals surface area (Å²) in [5.74, 6) is 0.833. The van der Waals surface area contributed by atoms with Crippen molar-refractivity contribution in [1.29, 1.82) is 0 Å². The molecule has 0 aromatic rings. The molecule has 2 heterocycles. The summed E-state index contributed by atoms with van der Waals surface area (Å²) in [5, 5.41) is 0. The second kappa shape index (κ2) is 9.53. The van der Waals surface area contributed by atoms with Crippen molar-refractivity contribution in [2.24, 2.45) is 0 Å². The van der Waals surface area contributed by atoms with Crippen molar-refractivity contribution in [3.05, 3.63) is 48.3 Å². The maximum Gasteiger partial charge on any atom is 0.410 e. The molecule has 1 amide bonds. The summed E-state index contributed by atoms with van der Waals surface area (Å²) in [6, 6.07) is 0.476. The molecule has 0 saturated carbocycles. The summed E-state index contributed by atoms with van der Waals surface area (Å²) >= 11 is 0. The SMILES string of the molecule is CN(C1CCN(C(=O)OC(C)(C)C)CC1)C(CC1=CC=CCC1)C1=COC=CO1. The van der Waals surface area contributed by atoms with Gasteiger partial charge in [0.05, 0.1) is 6.04 Å². The minimum absolute atomic E-state index is 0.107. The number of hydrogen-bond acceptors (Lipinski definition) is 5. The summed E-state index contributed by atoms with van der Waals surface area (Å²) in [5.41, 5.74) is 0.964. The number of amides is 1. The first-order valence-corrected chi connectivity index (χ1v) is 10.5. The number of likely N-dealkylation sites (tertiary alicyclic amines) is 1. The third kappa shape index (κ3) is 6.13. The summed E-state index contributed by atoms with van der Waals surface area (Å²) in [7, 11) is 2.15. The van der Waals surface area contributed by atoms with Gasteiger partial charge in [-0.25, -0.2) is 4.79 Å². The van der Waals surface area contributed by atoms with Crippen LogP contribution in [0.4, 0.5) is 4.79 Å². The number of carbonyl (C=O) groups is 1. The van der Waals surface area contributed by atoms with E-state index in [-0.39, 0.29) is 12.1 Å². The number of allylic oxidation sites excluding steroid dienone is 3. The zero-order valence-electron chi connectivity index (χ0n) is 18.1. The first-order valence-electron chi connectivity index (χ1n) is 10.5. The van der Waals surface area contributed by atoms with Crippen molar-refractivity contribution in [2.45, 2.75) is 70.6 Å². The van der Waals surface area contributed by atoms with E-state index in [0.717, 1.165) is 37.9 Å². The molecular formula is C23H34N2O4. The normalized spacial score (nSPS) is 21.2. The van der Waals surface area contributed by atoms with Gasteiger partial charge < -0.3 is 19.1 Å². The summed E-state index contributed by atoms with van der Waals surface area (Å²) in [4.78, 5) is 16.6. The molecule has 29 heavy (non-hydrogen) atoms. The zero-order chi connectivity index (χ0) is 20.9. The Kier molecular flexibility index (Phi) is 7.06. The molecule has 1 saturated heterocycles. The van der Waals surface area contributed by atoms with Crippen LogP contribution in [-0.2, 0) is 14.2 Å². The van der Waals surface area contributed by atoms with Gasteiger partial charge >= 0.3 is 6.09 Å². The quantitative estimate of drug-likeness (QED) is 0.666. The third-order valence-corrected chi connectivity index (χ3v) is 5.59. The first-order chi connectivity index (χ1) is 13.8. The Hall–Kier alpha value is -2.21. The average Bonchev–Trinajstić information content (AvgIpc) is 2.72. The molecule has 1 aliphatic carbocycles. The van der Waals surface area contributed by atoms with E-state index in [1.54, 1.807) is 18.8 Å². The minimum atomic E-state index is -0.462. The number of hydrogen-bond donors (Lipinski definition) is 0. The van der Waals surface area contributed by atoms with Crippen LogP contribution in [0.5, 0.6) is 0 Å². The van der Waals surface area contributed by atoms with Gasteiger partial charge in [-0.2, -0.15) is 0 Å². The van der Waals surface area contributed by atoms with E-state index < -0.39 is 5.60 Å². The number of likely N-dealkylation sites (N-methyl/N-ethyl adjacent to an activating group) is 1. The highest BCUT2D eigenvalue weighted by atomic mass is 16.6. The fourth-order valence-corrected chi connectivity index (χ4v) is 3.98. The Labute approximate surface area is 174 Å². The standard InChI is InChI=1S/C23H34N2O4/c1-23(2,3)29-22(26)25-12-10-19(11-13-25)24(4)20(21-17-27-14-15-28-21)16-18-8-6-5-7-9-18/h5-6,8,14-15,17,19-20H,7,9-13,16H2,1-4H3. The van der Waals surface area contributed by atoms with Crippen molar-refractivity contribution in [2.75, 3.05) is 20.1 Å². The first kappa shape index (κ1) is 21.5. The van der Waals surface area contributed by atoms with E-state index in [4.69, 9.17) is 14.2 Å². The highest BCUT2D eigenvalue weighted by Crippen LogP contribution is 2.29. The highest BCUT2D eigenvalue weighted by Gasteiger charge is 2.33. The van der Waals surface area contributed by atoms with E-state index in [1.165, 1.54) is 5.57 Å². The van der Waals surface area contributed by atoms with Gasteiger partial charge in [-0.15, -0.1) is 0 Å². The maximum atomic E-state index is 12.4. The highest BCUT2D eigenvalue weighted by molar-refractivity contribution is 5.68. The lowest BCUT2D eigenvalue weighted by atomic mass is 9.94. The molecule has 0 bridgehead atoms. The van der Waals surface area contributed by atoms with Crippen molar-refractivity contribution in [1.82, 2.24) is 9.80 Å². The molecule has 0 N–H and O–H groups in total. The molecule has 0 aromatic carbocycles. The van der Waals surface area contributed by atoms with Crippen molar-refractivity contribution < 1.29 is 19.0 Å². The van der Waals surface area contributed by atoms with Gasteiger partial charge in [0.25, 0.3) is 0 Å². The van der Waals surface area contributed by atoms with Gasteiger partial charge in [0.15, 0.2) is 5.76 Å². The van der Waals surface area contributed by atoms with Gasteiger partial charge in [-0.05, 0) is 59.9 Å². The summed E-state index contributed by atoms with van der Waals surface area (Å²) < 4.78 is 16.7.